The van der Waals surface area contributed by atoms with Crippen LogP contribution in [0.25, 0.3) is 0 Å². The van der Waals surface area contributed by atoms with Crippen molar-refractivity contribution in [3.05, 3.63) is 35.4 Å². The van der Waals surface area contributed by atoms with Crippen LogP contribution in [0.1, 0.15) is 17.2 Å². The summed E-state index contributed by atoms with van der Waals surface area (Å²) in [6.45, 7) is -2.98. The average Bonchev–Trinajstić information content (AvgIpc) is 2.73. The Morgan fingerprint density at radius 1 is 1.00 bits per heavy atom. The minimum Gasteiger partial charge on any atom is -0.396 e. The second kappa shape index (κ2) is 9.55. The van der Waals surface area contributed by atoms with Gasteiger partial charge in [0.1, 0.15) is 36.1 Å². The molecule has 1 aromatic carbocycles. The topological polar surface area (TPSA) is 191 Å². The third-order valence-electron chi connectivity index (χ3n) is 5.22. The van der Waals surface area contributed by atoms with E-state index in [2.05, 4.69) is 6.07 Å². The molecule has 0 aromatic heterocycles. The molecule has 0 aliphatic carbocycles. The van der Waals surface area contributed by atoms with Crippen LogP contribution in [0.3, 0.4) is 0 Å². The quantitative estimate of drug-likeness (QED) is 0.208. The van der Waals surface area contributed by atoms with Gasteiger partial charge in [0.2, 0.25) is 0 Å². The van der Waals surface area contributed by atoms with Crippen LogP contribution < -0.4 is 0 Å². The molecule has 8 atom stereocenters. The van der Waals surface area contributed by atoms with Gasteiger partial charge in [-0.1, -0.05) is 12.1 Å². The fraction of sp³-hybridized carbons (Fsp3) is 0.667. The number of aliphatic hydroxyl groups excluding tert-OH is 9. The zero-order valence-electron chi connectivity index (χ0n) is 15.0. The standard InChI is InChI=1S/C18H27O10/c19-5-11(13(24)7-21)18(10-3-1-2-9(4-10)12(23)6-20)17(27)16(26)15(25)14(8-22)28-18/h1-2,4,11-17,19-27H,5-8H2/t11?,12?,13?,14-,15-,16+,17-,18?/m1/s1. The number of ether oxygens (including phenoxy) is 1. The lowest BCUT2D eigenvalue weighted by Crippen LogP contribution is -2.68. The van der Waals surface area contributed by atoms with Crippen LogP contribution in [0.4, 0.5) is 0 Å². The van der Waals surface area contributed by atoms with Crippen molar-refractivity contribution in [3.8, 4) is 0 Å². The fourth-order valence-electron chi connectivity index (χ4n) is 3.62. The third-order valence-corrected chi connectivity index (χ3v) is 5.22. The highest BCUT2D eigenvalue weighted by Crippen LogP contribution is 2.45. The van der Waals surface area contributed by atoms with Gasteiger partial charge in [0.25, 0.3) is 0 Å². The van der Waals surface area contributed by atoms with E-state index in [-0.39, 0.29) is 11.1 Å². The van der Waals surface area contributed by atoms with Gasteiger partial charge in [0, 0.05) is 5.92 Å². The van der Waals surface area contributed by atoms with Gasteiger partial charge in [-0.05, 0) is 23.3 Å². The van der Waals surface area contributed by atoms with E-state index in [1.54, 1.807) is 0 Å². The van der Waals surface area contributed by atoms with Crippen molar-refractivity contribution in [2.45, 2.75) is 42.2 Å². The maximum absolute atomic E-state index is 10.8. The summed E-state index contributed by atoms with van der Waals surface area (Å²) in [6.07, 6.45) is -9.68. The summed E-state index contributed by atoms with van der Waals surface area (Å²) in [5.41, 5.74) is -1.93. The number of rotatable bonds is 8. The van der Waals surface area contributed by atoms with Crippen molar-refractivity contribution >= 4 is 0 Å². The predicted octanol–water partition coefficient (Wildman–Crippen LogP) is -3.86. The molecule has 0 amide bonds. The van der Waals surface area contributed by atoms with Gasteiger partial charge in [-0.15, -0.1) is 0 Å². The molecule has 1 heterocycles. The van der Waals surface area contributed by atoms with E-state index in [0.717, 1.165) is 0 Å². The van der Waals surface area contributed by atoms with Crippen molar-refractivity contribution in [2.24, 2.45) is 5.92 Å². The lowest BCUT2D eigenvalue weighted by molar-refractivity contribution is -0.308. The van der Waals surface area contributed by atoms with E-state index < -0.39 is 74.6 Å². The highest BCUT2D eigenvalue weighted by atomic mass is 16.6. The molecule has 9 N–H and O–H groups in total. The Kier molecular flexibility index (Phi) is 7.88. The van der Waals surface area contributed by atoms with Gasteiger partial charge in [-0.2, -0.15) is 0 Å². The molecule has 1 aliphatic heterocycles. The van der Waals surface area contributed by atoms with Gasteiger partial charge in [-0.3, -0.25) is 0 Å². The Bertz CT molecular complexity index is 626. The van der Waals surface area contributed by atoms with Crippen molar-refractivity contribution in [1.29, 1.82) is 0 Å². The van der Waals surface area contributed by atoms with Crippen molar-refractivity contribution in [2.75, 3.05) is 26.4 Å². The predicted molar refractivity (Wildman–Crippen MR) is 92.6 cm³/mol. The minimum absolute atomic E-state index is 0.0269. The SMILES string of the molecule is OCC(O)c1cc[c]c(C2(C(CO)C(O)CO)O[C@H](CO)[C@@H](O)[C@H](O)[C@H]2O)c1. The molecule has 0 spiro atoms. The second-order valence-corrected chi connectivity index (χ2v) is 6.83. The zero-order chi connectivity index (χ0) is 21.1. The fourth-order valence-corrected chi connectivity index (χ4v) is 3.62. The number of aliphatic hydroxyl groups is 9. The summed E-state index contributed by atoms with van der Waals surface area (Å²) in [4.78, 5) is 0. The second-order valence-electron chi connectivity index (χ2n) is 6.83. The first-order chi connectivity index (χ1) is 13.3. The number of benzene rings is 1. The monoisotopic (exact) mass is 403 g/mol. The maximum Gasteiger partial charge on any atom is 0.130 e. The van der Waals surface area contributed by atoms with Gasteiger partial charge in [0.15, 0.2) is 0 Å². The molecule has 1 radical (unpaired) electrons. The third kappa shape index (κ3) is 3.94. The minimum atomic E-state index is -2.10. The van der Waals surface area contributed by atoms with Crippen LogP contribution in [0.2, 0.25) is 0 Å². The van der Waals surface area contributed by atoms with E-state index in [9.17, 15) is 46.0 Å². The largest absolute Gasteiger partial charge is 0.396 e. The summed E-state index contributed by atoms with van der Waals surface area (Å²) < 4.78 is 5.73. The molecular formula is C18H27O10. The van der Waals surface area contributed by atoms with Gasteiger partial charge >= 0.3 is 0 Å². The van der Waals surface area contributed by atoms with Gasteiger partial charge in [-0.25, -0.2) is 0 Å². The van der Waals surface area contributed by atoms with Crippen LogP contribution in [0, 0.1) is 12.0 Å². The average molecular weight is 403 g/mol. The maximum atomic E-state index is 10.8. The van der Waals surface area contributed by atoms with Crippen molar-refractivity contribution in [3.63, 3.8) is 0 Å². The first-order valence-corrected chi connectivity index (χ1v) is 8.82. The molecule has 4 unspecified atom stereocenters. The molecule has 0 bridgehead atoms. The molecule has 1 saturated heterocycles. The van der Waals surface area contributed by atoms with Crippen molar-refractivity contribution in [1.82, 2.24) is 0 Å². The van der Waals surface area contributed by atoms with Crippen LogP contribution in [0.5, 0.6) is 0 Å². The Morgan fingerprint density at radius 3 is 2.21 bits per heavy atom. The normalized spacial score (nSPS) is 34.0. The van der Waals surface area contributed by atoms with Crippen LogP contribution in [-0.2, 0) is 10.3 Å². The molecule has 10 nitrogen and oxygen atoms in total. The molecule has 1 fully saturated rings. The van der Waals surface area contributed by atoms with Crippen LogP contribution in [-0.4, -0.2) is 103 Å². The molecule has 1 aromatic rings. The van der Waals surface area contributed by atoms with Gasteiger partial charge in [0.05, 0.1) is 32.5 Å². The lowest BCUT2D eigenvalue weighted by atomic mass is 9.69. The van der Waals surface area contributed by atoms with E-state index in [1.165, 1.54) is 18.2 Å². The molecular weight excluding hydrogens is 376 g/mol. The van der Waals surface area contributed by atoms with Crippen LogP contribution in [0.15, 0.2) is 18.2 Å². The first-order valence-electron chi connectivity index (χ1n) is 8.82. The number of hydrogen-bond donors (Lipinski definition) is 9. The Balaban J connectivity index is 2.69. The van der Waals surface area contributed by atoms with E-state index >= 15 is 0 Å². The Morgan fingerprint density at radius 2 is 1.68 bits per heavy atom. The Hall–Kier alpha value is -1.18. The lowest BCUT2D eigenvalue weighted by Gasteiger charge is -2.53. The van der Waals surface area contributed by atoms with E-state index in [0.29, 0.717) is 0 Å². The molecule has 10 heteroatoms. The highest BCUT2D eigenvalue weighted by molar-refractivity contribution is 5.32. The Labute approximate surface area is 161 Å². The zero-order valence-corrected chi connectivity index (χ0v) is 15.0. The smallest absolute Gasteiger partial charge is 0.130 e. The number of hydrogen-bond acceptors (Lipinski definition) is 10. The van der Waals surface area contributed by atoms with Crippen molar-refractivity contribution < 1.29 is 50.7 Å². The summed E-state index contributed by atoms with van der Waals surface area (Å²) in [7, 11) is 0. The molecule has 1 aliphatic rings. The molecule has 0 saturated carbocycles. The molecule has 2 rings (SSSR count). The molecule has 159 valence electrons. The molecule has 28 heavy (non-hydrogen) atoms. The summed E-state index contributed by atoms with van der Waals surface area (Å²) in [6, 6.07) is 6.80. The van der Waals surface area contributed by atoms with E-state index in [4.69, 9.17) is 4.74 Å². The van der Waals surface area contributed by atoms with Gasteiger partial charge < -0.3 is 50.7 Å². The summed E-state index contributed by atoms with van der Waals surface area (Å²) in [5.74, 6) is -1.40. The summed E-state index contributed by atoms with van der Waals surface area (Å²) in [5, 5.41) is 89.4. The van der Waals surface area contributed by atoms with Crippen LogP contribution >= 0.6 is 0 Å². The first kappa shape index (κ1) is 23.1. The summed E-state index contributed by atoms with van der Waals surface area (Å²) >= 11 is 0. The highest BCUT2D eigenvalue weighted by Gasteiger charge is 2.59. The van der Waals surface area contributed by atoms with E-state index in [1.807, 2.05) is 0 Å².